The van der Waals surface area contributed by atoms with Gasteiger partial charge >= 0.3 is 0 Å². The van der Waals surface area contributed by atoms with Crippen LogP contribution in [0.2, 0.25) is 0 Å². The first-order valence-electron chi connectivity index (χ1n) is 6.60. The number of fused-ring (bicyclic) bond motifs is 1. The Morgan fingerprint density at radius 2 is 1.89 bits per heavy atom. The number of nitrogens with one attached hydrogen (secondary N) is 1. The lowest BCUT2D eigenvalue weighted by atomic mass is 9.93. The van der Waals surface area contributed by atoms with Gasteiger partial charge in [-0.2, -0.15) is 0 Å². The maximum Gasteiger partial charge on any atom is 0.0992 e. The van der Waals surface area contributed by atoms with Gasteiger partial charge in [-0.15, -0.1) is 0 Å². The van der Waals surface area contributed by atoms with Gasteiger partial charge in [0.1, 0.15) is 0 Å². The minimum absolute atomic E-state index is 0.621. The molecule has 1 fully saturated rings. The molecule has 0 spiro atoms. The van der Waals surface area contributed by atoms with Gasteiger partial charge in [-0.3, -0.25) is 0 Å². The van der Waals surface area contributed by atoms with Crippen molar-refractivity contribution in [2.75, 3.05) is 6.54 Å². The van der Waals surface area contributed by atoms with Gasteiger partial charge in [0.15, 0.2) is 0 Å². The van der Waals surface area contributed by atoms with E-state index in [2.05, 4.69) is 29.6 Å². The minimum atomic E-state index is -0.799. The van der Waals surface area contributed by atoms with E-state index in [4.69, 9.17) is 0 Å². The standard InChI is InChI=1S/C16H19NO/c1-16(18,11-17-15-8-9-15)14-7-6-12-4-2-3-5-13(12)10-14/h2-7,10,15,17-18H,8-9,11H2,1H3. The third kappa shape index (κ3) is 2.40. The summed E-state index contributed by atoms with van der Waals surface area (Å²) in [6, 6.07) is 15.1. The largest absolute Gasteiger partial charge is 0.384 e. The van der Waals surface area contributed by atoms with Gasteiger partial charge in [-0.25, -0.2) is 0 Å². The quantitative estimate of drug-likeness (QED) is 0.862. The average Bonchev–Trinajstić information content (AvgIpc) is 3.20. The lowest BCUT2D eigenvalue weighted by Gasteiger charge is -2.24. The van der Waals surface area contributed by atoms with Crippen LogP contribution < -0.4 is 5.32 Å². The predicted octanol–water partition coefficient (Wildman–Crippen LogP) is 2.80. The molecular weight excluding hydrogens is 222 g/mol. The third-order valence-corrected chi connectivity index (χ3v) is 3.68. The van der Waals surface area contributed by atoms with Crippen molar-refractivity contribution in [2.24, 2.45) is 0 Å². The molecule has 0 amide bonds. The molecule has 2 nitrogen and oxygen atoms in total. The zero-order valence-corrected chi connectivity index (χ0v) is 10.7. The molecule has 1 aliphatic rings. The molecule has 1 unspecified atom stereocenters. The van der Waals surface area contributed by atoms with Crippen LogP contribution in [-0.2, 0) is 5.60 Å². The zero-order valence-electron chi connectivity index (χ0n) is 10.7. The van der Waals surface area contributed by atoms with Crippen LogP contribution in [0, 0.1) is 0 Å². The molecule has 1 atom stereocenters. The summed E-state index contributed by atoms with van der Waals surface area (Å²) in [6.07, 6.45) is 2.49. The third-order valence-electron chi connectivity index (χ3n) is 3.68. The summed E-state index contributed by atoms with van der Waals surface area (Å²) in [6.45, 7) is 2.50. The summed E-state index contributed by atoms with van der Waals surface area (Å²) in [5, 5.41) is 16.3. The second kappa shape index (κ2) is 4.38. The van der Waals surface area contributed by atoms with Crippen LogP contribution in [0.5, 0.6) is 0 Å². The smallest absolute Gasteiger partial charge is 0.0992 e. The minimum Gasteiger partial charge on any atom is -0.384 e. The fourth-order valence-electron chi connectivity index (χ4n) is 2.26. The van der Waals surface area contributed by atoms with Crippen LogP contribution in [0.25, 0.3) is 10.8 Å². The first-order valence-corrected chi connectivity index (χ1v) is 6.60. The molecule has 1 aliphatic carbocycles. The molecule has 0 saturated heterocycles. The molecule has 0 bridgehead atoms. The highest BCUT2D eigenvalue weighted by Gasteiger charge is 2.27. The maximum absolute atomic E-state index is 10.6. The van der Waals surface area contributed by atoms with E-state index < -0.39 is 5.60 Å². The van der Waals surface area contributed by atoms with Crippen LogP contribution in [-0.4, -0.2) is 17.7 Å². The first-order chi connectivity index (χ1) is 8.65. The van der Waals surface area contributed by atoms with E-state index in [9.17, 15) is 5.11 Å². The molecule has 0 heterocycles. The number of rotatable bonds is 4. The molecule has 94 valence electrons. The first kappa shape index (κ1) is 11.7. The Hall–Kier alpha value is -1.38. The Bertz CT molecular complexity index is 558. The van der Waals surface area contributed by atoms with Crippen LogP contribution in [0.3, 0.4) is 0 Å². The summed E-state index contributed by atoms with van der Waals surface area (Å²) in [4.78, 5) is 0. The van der Waals surface area contributed by atoms with Crippen molar-refractivity contribution in [1.82, 2.24) is 5.32 Å². The van der Waals surface area contributed by atoms with E-state index in [1.807, 2.05) is 25.1 Å². The number of benzene rings is 2. The highest BCUT2D eigenvalue weighted by Crippen LogP contribution is 2.26. The summed E-state index contributed by atoms with van der Waals surface area (Å²) < 4.78 is 0. The number of hydrogen-bond donors (Lipinski definition) is 2. The van der Waals surface area contributed by atoms with Crippen LogP contribution in [0.1, 0.15) is 25.3 Å². The van der Waals surface area contributed by atoms with Gasteiger partial charge in [0.05, 0.1) is 5.60 Å². The Morgan fingerprint density at radius 1 is 1.17 bits per heavy atom. The van der Waals surface area contributed by atoms with E-state index in [-0.39, 0.29) is 0 Å². The molecule has 0 radical (unpaired) electrons. The lowest BCUT2D eigenvalue weighted by molar-refractivity contribution is 0.0567. The summed E-state index contributed by atoms with van der Waals surface area (Å²) in [5.74, 6) is 0. The van der Waals surface area contributed by atoms with Crippen molar-refractivity contribution in [3.05, 3.63) is 48.0 Å². The normalized spacial score (nSPS) is 18.8. The van der Waals surface area contributed by atoms with E-state index >= 15 is 0 Å². The highest BCUT2D eigenvalue weighted by molar-refractivity contribution is 5.83. The van der Waals surface area contributed by atoms with E-state index in [0.29, 0.717) is 12.6 Å². The molecule has 2 aromatic rings. The van der Waals surface area contributed by atoms with Gasteiger partial charge in [0.2, 0.25) is 0 Å². The summed E-state index contributed by atoms with van der Waals surface area (Å²) in [5.41, 5.74) is 0.182. The van der Waals surface area contributed by atoms with Crippen molar-refractivity contribution in [2.45, 2.75) is 31.4 Å². The molecule has 2 N–H and O–H groups in total. The lowest BCUT2D eigenvalue weighted by Crippen LogP contribution is -2.36. The van der Waals surface area contributed by atoms with Crippen molar-refractivity contribution in [3.63, 3.8) is 0 Å². The Morgan fingerprint density at radius 3 is 2.61 bits per heavy atom. The fraction of sp³-hybridized carbons (Fsp3) is 0.375. The Balaban J connectivity index is 1.86. The maximum atomic E-state index is 10.6. The predicted molar refractivity (Wildman–Crippen MR) is 74.5 cm³/mol. The van der Waals surface area contributed by atoms with Gasteiger partial charge in [0.25, 0.3) is 0 Å². The average molecular weight is 241 g/mol. The molecular formula is C16H19NO. The molecule has 0 aromatic heterocycles. The molecule has 18 heavy (non-hydrogen) atoms. The van der Waals surface area contributed by atoms with E-state index in [0.717, 1.165) is 5.56 Å². The fourth-order valence-corrected chi connectivity index (χ4v) is 2.26. The van der Waals surface area contributed by atoms with E-state index in [1.165, 1.54) is 23.6 Å². The van der Waals surface area contributed by atoms with Crippen molar-refractivity contribution in [1.29, 1.82) is 0 Å². The Labute approximate surface area is 108 Å². The molecule has 0 aliphatic heterocycles. The van der Waals surface area contributed by atoms with Crippen LogP contribution in [0.4, 0.5) is 0 Å². The summed E-state index contributed by atoms with van der Waals surface area (Å²) in [7, 11) is 0. The molecule has 2 heteroatoms. The van der Waals surface area contributed by atoms with Crippen molar-refractivity contribution < 1.29 is 5.11 Å². The van der Waals surface area contributed by atoms with Crippen LogP contribution in [0.15, 0.2) is 42.5 Å². The molecule has 2 aromatic carbocycles. The van der Waals surface area contributed by atoms with Gasteiger partial charge in [-0.05, 0) is 42.2 Å². The van der Waals surface area contributed by atoms with Gasteiger partial charge in [-0.1, -0.05) is 36.4 Å². The van der Waals surface area contributed by atoms with Crippen LogP contribution >= 0.6 is 0 Å². The summed E-state index contributed by atoms with van der Waals surface area (Å²) >= 11 is 0. The SMILES string of the molecule is CC(O)(CNC1CC1)c1ccc2ccccc2c1. The second-order valence-corrected chi connectivity index (χ2v) is 5.49. The topological polar surface area (TPSA) is 32.3 Å². The number of aliphatic hydroxyl groups is 1. The van der Waals surface area contributed by atoms with Crippen molar-refractivity contribution in [3.8, 4) is 0 Å². The van der Waals surface area contributed by atoms with Gasteiger partial charge < -0.3 is 10.4 Å². The Kier molecular flexibility index (Phi) is 2.84. The molecule has 1 saturated carbocycles. The second-order valence-electron chi connectivity index (χ2n) is 5.49. The van der Waals surface area contributed by atoms with E-state index in [1.54, 1.807) is 0 Å². The highest BCUT2D eigenvalue weighted by atomic mass is 16.3. The number of hydrogen-bond acceptors (Lipinski definition) is 2. The van der Waals surface area contributed by atoms with Gasteiger partial charge in [0, 0.05) is 12.6 Å². The van der Waals surface area contributed by atoms with Crippen molar-refractivity contribution >= 4 is 10.8 Å². The molecule has 3 rings (SSSR count). The zero-order chi connectivity index (χ0) is 12.6. The monoisotopic (exact) mass is 241 g/mol.